The van der Waals surface area contributed by atoms with Gasteiger partial charge in [0.1, 0.15) is 11.6 Å². The summed E-state index contributed by atoms with van der Waals surface area (Å²) in [6.07, 6.45) is 1.87. The number of rotatable bonds is 8. The Morgan fingerprint density at radius 2 is 1.72 bits per heavy atom. The van der Waals surface area contributed by atoms with Gasteiger partial charge in [-0.05, 0) is 79.1 Å². The summed E-state index contributed by atoms with van der Waals surface area (Å²) >= 11 is 0. The smallest absolute Gasteiger partial charge is 0.251 e. The van der Waals surface area contributed by atoms with Crippen LogP contribution in [0.3, 0.4) is 0 Å². The number of carbonyl (C=O) groups is 1. The van der Waals surface area contributed by atoms with Gasteiger partial charge >= 0.3 is 0 Å². The Bertz CT molecular complexity index is 1620. The molecule has 0 aliphatic heterocycles. The summed E-state index contributed by atoms with van der Waals surface area (Å²) in [5, 5.41) is 20.9. The zero-order valence-corrected chi connectivity index (χ0v) is 21.8. The molecule has 9 heteroatoms. The van der Waals surface area contributed by atoms with Crippen LogP contribution in [0.15, 0.2) is 85.1 Å². The van der Waals surface area contributed by atoms with Gasteiger partial charge in [-0.15, -0.1) is 5.10 Å². The summed E-state index contributed by atoms with van der Waals surface area (Å²) in [4.78, 5) is 17.1. The molecular weight excluding hydrogens is 497 g/mol. The van der Waals surface area contributed by atoms with Crippen molar-refractivity contribution in [3.05, 3.63) is 108 Å². The summed E-state index contributed by atoms with van der Waals surface area (Å²) in [5.41, 5.74) is 4.24. The molecule has 2 aromatic heterocycles. The first kappa shape index (κ1) is 25.9. The van der Waals surface area contributed by atoms with Gasteiger partial charge in [0.05, 0.1) is 18.4 Å². The highest BCUT2D eigenvalue weighted by Gasteiger charge is 2.18. The van der Waals surface area contributed by atoms with Crippen LogP contribution < -0.4 is 15.4 Å². The molecular formula is C30H28FN5O3. The molecule has 3 N–H and O–H groups in total. The number of hydrogen-bond acceptors (Lipinski definition) is 6. The van der Waals surface area contributed by atoms with E-state index in [0.29, 0.717) is 35.1 Å². The van der Waals surface area contributed by atoms with Crippen molar-refractivity contribution in [1.82, 2.24) is 19.9 Å². The van der Waals surface area contributed by atoms with Crippen LogP contribution in [-0.4, -0.2) is 32.7 Å². The van der Waals surface area contributed by atoms with Gasteiger partial charge in [0.25, 0.3) is 5.91 Å². The van der Waals surface area contributed by atoms with E-state index in [9.17, 15) is 14.3 Å². The van der Waals surface area contributed by atoms with Crippen molar-refractivity contribution < 1.29 is 19.0 Å². The molecule has 0 aliphatic carbocycles. The molecule has 0 radical (unpaired) electrons. The van der Waals surface area contributed by atoms with Crippen molar-refractivity contribution in [2.75, 3.05) is 12.4 Å². The predicted molar refractivity (Wildman–Crippen MR) is 148 cm³/mol. The standard InChI is InChI=1S/C30H28FN5O3/c1-30(2,38)23-11-14-25(26(16-23)39-3)33-29-34-27-15-10-22(18-36(27)35-29)20-6-8-21(9-7-20)28(37)32-17-19-4-12-24(31)13-5-19/h4-16,18,38H,17H2,1-3H3,(H,32,37)(H,33,35). The number of aliphatic hydroxyl groups is 1. The molecule has 0 unspecified atom stereocenters. The van der Waals surface area contributed by atoms with E-state index in [0.717, 1.165) is 22.3 Å². The number of aromatic nitrogens is 3. The highest BCUT2D eigenvalue weighted by Crippen LogP contribution is 2.32. The van der Waals surface area contributed by atoms with Crippen LogP contribution in [0, 0.1) is 5.82 Å². The lowest BCUT2D eigenvalue weighted by atomic mass is 9.98. The summed E-state index contributed by atoms with van der Waals surface area (Å²) < 4.78 is 20.2. The lowest BCUT2D eigenvalue weighted by Crippen LogP contribution is -2.22. The van der Waals surface area contributed by atoms with Crippen LogP contribution in [0.1, 0.15) is 35.3 Å². The molecule has 0 spiro atoms. The van der Waals surface area contributed by atoms with Crippen LogP contribution in [0.5, 0.6) is 5.75 Å². The number of pyridine rings is 1. The van der Waals surface area contributed by atoms with Gasteiger partial charge in [0.2, 0.25) is 5.95 Å². The van der Waals surface area contributed by atoms with Gasteiger partial charge in [-0.3, -0.25) is 4.79 Å². The monoisotopic (exact) mass is 525 g/mol. The SMILES string of the molecule is COc1cc(C(C)(C)O)ccc1Nc1nc2ccc(-c3ccc(C(=O)NCc4ccc(F)cc4)cc3)cn2n1. The average molecular weight is 526 g/mol. The Morgan fingerprint density at radius 1 is 1.00 bits per heavy atom. The second-order valence-electron chi connectivity index (χ2n) is 9.64. The largest absolute Gasteiger partial charge is 0.495 e. The molecule has 0 bridgehead atoms. The second-order valence-corrected chi connectivity index (χ2v) is 9.64. The van der Waals surface area contributed by atoms with E-state index in [1.54, 1.807) is 55.8 Å². The Hall–Kier alpha value is -4.76. The Labute approximate surface area is 225 Å². The highest BCUT2D eigenvalue weighted by atomic mass is 19.1. The van der Waals surface area contributed by atoms with Crippen molar-refractivity contribution >= 4 is 23.2 Å². The minimum absolute atomic E-state index is 0.209. The lowest BCUT2D eigenvalue weighted by molar-refractivity contribution is 0.0783. The van der Waals surface area contributed by atoms with E-state index >= 15 is 0 Å². The van der Waals surface area contributed by atoms with Gasteiger partial charge in [-0.2, -0.15) is 4.98 Å². The first-order valence-electron chi connectivity index (χ1n) is 12.4. The number of anilines is 2. The normalized spacial score (nSPS) is 11.4. The number of ether oxygens (including phenoxy) is 1. The van der Waals surface area contributed by atoms with Crippen molar-refractivity contribution in [2.24, 2.45) is 0 Å². The minimum atomic E-state index is -0.991. The van der Waals surface area contributed by atoms with Gasteiger partial charge in [0, 0.05) is 23.9 Å². The Kier molecular flexibility index (Phi) is 7.00. The maximum atomic E-state index is 13.1. The van der Waals surface area contributed by atoms with Crippen LogP contribution >= 0.6 is 0 Å². The molecule has 0 atom stereocenters. The second kappa shape index (κ2) is 10.5. The summed E-state index contributed by atoms with van der Waals surface area (Å²) in [6, 6.07) is 22.5. The first-order chi connectivity index (χ1) is 18.7. The number of benzene rings is 3. The van der Waals surface area contributed by atoms with E-state index < -0.39 is 5.60 Å². The van der Waals surface area contributed by atoms with Crippen molar-refractivity contribution in [1.29, 1.82) is 0 Å². The van der Waals surface area contributed by atoms with E-state index in [-0.39, 0.29) is 11.7 Å². The Balaban J connectivity index is 1.29. The van der Waals surface area contributed by atoms with E-state index in [4.69, 9.17) is 4.74 Å². The molecule has 39 heavy (non-hydrogen) atoms. The molecule has 0 saturated heterocycles. The van der Waals surface area contributed by atoms with Crippen LogP contribution in [-0.2, 0) is 12.1 Å². The number of halogens is 1. The van der Waals surface area contributed by atoms with Gasteiger partial charge < -0.3 is 20.5 Å². The third-order valence-electron chi connectivity index (χ3n) is 6.33. The molecule has 5 rings (SSSR count). The van der Waals surface area contributed by atoms with Gasteiger partial charge in [-0.25, -0.2) is 8.91 Å². The summed E-state index contributed by atoms with van der Waals surface area (Å²) in [7, 11) is 1.57. The Morgan fingerprint density at radius 3 is 2.41 bits per heavy atom. The van der Waals surface area contributed by atoms with Crippen LogP contribution in [0.2, 0.25) is 0 Å². The third-order valence-corrected chi connectivity index (χ3v) is 6.33. The number of fused-ring (bicyclic) bond motifs is 1. The van der Waals surface area contributed by atoms with E-state index in [2.05, 4.69) is 20.7 Å². The fourth-order valence-corrected chi connectivity index (χ4v) is 4.10. The predicted octanol–water partition coefficient (Wildman–Crippen LogP) is 5.45. The lowest BCUT2D eigenvalue weighted by Gasteiger charge is -2.19. The quantitative estimate of drug-likeness (QED) is 0.249. The fourth-order valence-electron chi connectivity index (χ4n) is 4.10. The van der Waals surface area contributed by atoms with Crippen molar-refractivity contribution in [3.8, 4) is 16.9 Å². The van der Waals surface area contributed by atoms with Gasteiger partial charge in [0.15, 0.2) is 5.65 Å². The average Bonchev–Trinajstić information content (AvgIpc) is 3.34. The highest BCUT2D eigenvalue weighted by molar-refractivity contribution is 5.94. The van der Waals surface area contributed by atoms with Crippen LogP contribution in [0.4, 0.5) is 16.0 Å². The number of nitrogens with one attached hydrogen (secondary N) is 2. The molecule has 8 nitrogen and oxygen atoms in total. The number of amides is 1. The van der Waals surface area contributed by atoms with Crippen molar-refractivity contribution in [3.63, 3.8) is 0 Å². The molecule has 0 saturated carbocycles. The zero-order chi connectivity index (χ0) is 27.6. The minimum Gasteiger partial charge on any atom is -0.495 e. The molecule has 198 valence electrons. The molecule has 0 fully saturated rings. The summed E-state index contributed by atoms with van der Waals surface area (Å²) in [5.74, 6) is 0.445. The molecule has 3 aromatic carbocycles. The number of nitrogens with zero attached hydrogens (tertiary/aromatic N) is 3. The first-order valence-corrected chi connectivity index (χ1v) is 12.4. The number of carbonyl (C=O) groups excluding carboxylic acids is 1. The molecule has 2 heterocycles. The van der Waals surface area contributed by atoms with E-state index in [1.165, 1.54) is 12.1 Å². The molecule has 0 aliphatic rings. The fraction of sp³-hybridized carbons (Fsp3) is 0.167. The van der Waals surface area contributed by atoms with E-state index in [1.807, 2.05) is 42.6 Å². The summed E-state index contributed by atoms with van der Waals surface area (Å²) in [6.45, 7) is 3.75. The number of methoxy groups -OCH3 is 1. The molecule has 5 aromatic rings. The zero-order valence-electron chi connectivity index (χ0n) is 21.8. The van der Waals surface area contributed by atoms with Crippen molar-refractivity contribution in [2.45, 2.75) is 26.0 Å². The maximum absolute atomic E-state index is 13.1. The van der Waals surface area contributed by atoms with Crippen LogP contribution in [0.25, 0.3) is 16.8 Å². The topological polar surface area (TPSA) is 101 Å². The van der Waals surface area contributed by atoms with Gasteiger partial charge in [-0.1, -0.05) is 30.3 Å². The molecule has 1 amide bonds. The maximum Gasteiger partial charge on any atom is 0.251 e. The third kappa shape index (κ3) is 5.89. The number of hydrogen-bond donors (Lipinski definition) is 3.